The van der Waals surface area contributed by atoms with Crippen LogP contribution in [0.15, 0.2) is 24.3 Å². The highest BCUT2D eigenvalue weighted by Crippen LogP contribution is 2.32. The quantitative estimate of drug-likeness (QED) is 0.709. The smallest absolute Gasteiger partial charge is 0.326 e. The maximum Gasteiger partial charge on any atom is 0.326 e. The fraction of sp³-hybridized carbons (Fsp3) is 0.467. The van der Waals surface area contributed by atoms with Crippen LogP contribution >= 0.6 is 0 Å². The fourth-order valence-electron chi connectivity index (χ4n) is 2.22. The number of hydrogen-bond donors (Lipinski definition) is 3. The Hall–Kier alpha value is -2.24. The first-order valence-electron chi connectivity index (χ1n) is 7.01. The molecule has 0 aromatic heterocycles. The number of ether oxygens (including phenoxy) is 1. The molecule has 21 heavy (non-hydrogen) atoms. The molecular weight excluding hydrogens is 272 g/mol. The van der Waals surface area contributed by atoms with E-state index in [1.165, 1.54) is 0 Å². The van der Waals surface area contributed by atoms with Crippen LogP contribution in [-0.4, -0.2) is 36.8 Å². The zero-order valence-electron chi connectivity index (χ0n) is 12.0. The highest BCUT2D eigenvalue weighted by atomic mass is 16.5. The van der Waals surface area contributed by atoms with Crippen molar-refractivity contribution in [3.05, 3.63) is 29.8 Å². The molecule has 0 aliphatic heterocycles. The summed E-state index contributed by atoms with van der Waals surface area (Å²) in [5, 5.41) is 14.2. The van der Waals surface area contributed by atoms with Crippen LogP contribution in [-0.2, 0) is 11.2 Å². The van der Waals surface area contributed by atoms with E-state index in [0.29, 0.717) is 13.0 Å². The minimum atomic E-state index is -0.975. The molecule has 1 aliphatic rings. The van der Waals surface area contributed by atoms with E-state index in [-0.39, 0.29) is 5.92 Å². The molecule has 1 saturated carbocycles. The molecule has 3 N–H and O–H groups in total. The van der Waals surface area contributed by atoms with E-state index in [1.54, 1.807) is 7.11 Å². The van der Waals surface area contributed by atoms with Gasteiger partial charge in [0.15, 0.2) is 0 Å². The molecule has 1 aliphatic carbocycles. The lowest BCUT2D eigenvalue weighted by Gasteiger charge is -2.14. The number of nitrogens with one attached hydrogen (secondary N) is 2. The van der Waals surface area contributed by atoms with E-state index in [0.717, 1.165) is 24.2 Å². The number of carboxylic acids is 1. The molecule has 6 heteroatoms. The maximum absolute atomic E-state index is 11.7. The summed E-state index contributed by atoms with van der Waals surface area (Å²) in [4.78, 5) is 22.8. The van der Waals surface area contributed by atoms with Gasteiger partial charge in [-0.15, -0.1) is 0 Å². The molecule has 6 nitrogen and oxygen atoms in total. The van der Waals surface area contributed by atoms with Crippen LogP contribution in [0, 0.1) is 5.92 Å². The highest BCUT2D eigenvalue weighted by Gasteiger charge is 2.37. The second kappa shape index (κ2) is 6.97. The van der Waals surface area contributed by atoms with Crippen molar-refractivity contribution in [2.75, 3.05) is 13.7 Å². The third-order valence-corrected chi connectivity index (χ3v) is 3.52. The first kappa shape index (κ1) is 15.2. The second-order valence-electron chi connectivity index (χ2n) is 5.12. The molecule has 1 unspecified atom stereocenters. The lowest BCUT2D eigenvalue weighted by molar-refractivity contribution is -0.139. The first-order chi connectivity index (χ1) is 10.1. The van der Waals surface area contributed by atoms with Crippen LogP contribution in [0.25, 0.3) is 0 Å². The van der Waals surface area contributed by atoms with Crippen molar-refractivity contribution in [3.8, 4) is 5.75 Å². The lowest BCUT2D eigenvalue weighted by atomic mass is 10.1. The number of carboxylic acid groups (broad SMARTS) is 1. The zero-order chi connectivity index (χ0) is 15.2. The van der Waals surface area contributed by atoms with Crippen molar-refractivity contribution in [1.29, 1.82) is 0 Å². The van der Waals surface area contributed by atoms with Crippen LogP contribution in [0.4, 0.5) is 4.79 Å². The van der Waals surface area contributed by atoms with Crippen LogP contribution in [0.3, 0.4) is 0 Å². The van der Waals surface area contributed by atoms with E-state index in [9.17, 15) is 9.59 Å². The van der Waals surface area contributed by atoms with Gasteiger partial charge in [0.1, 0.15) is 11.8 Å². The van der Waals surface area contributed by atoms with Crippen molar-refractivity contribution < 1.29 is 19.4 Å². The lowest BCUT2D eigenvalue weighted by Crippen LogP contribution is -2.47. The first-order valence-corrected chi connectivity index (χ1v) is 7.01. The summed E-state index contributed by atoms with van der Waals surface area (Å²) in [7, 11) is 1.60. The Morgan fingerprint density at radius 3 is 2.71 bits per heavy atom. The van der Waals surface area contributed by atoms with Gasteiger partial charge >= 0.3 is 12.0 Å². The minimum Gasteiger partial charge on any atom is -0.496 e. The van der Waals surface area contributed by atoms with Crippen LogP contribution in [0.2, 0.25) is 0 Å². The average Bonchev–Trinajstić information content (AvgIpc) is 3.29. The summed E-state index contributed by atoms with van der Waals surface area (Å²) >= 11 is 0. The number of hydrogen-bond acceptors (Lipinski definition) is 3. The van der Waals surface area contributed by atoms with Gasteiger partial charge in [0, 0.05) is 6.54 Å². The molecule has 0 radical (unpaired) electrons. The Balaban J connectivity index is 1.77. The van der Waals surface area contributed by atoms with Crippen molar-refractivity contribution >= 4 is 12.0 Å². The number of urea groups is 1. The summed E-state index contributed by atoms with van der Waals surface area (Å²) < 4.78 is 5.23. The Morgan fingerprint density at radius 1 is 1.38 bits per heavy atom. The fourth-order valence-corrected chi connectivity index (χ4v) is 2.22. The predicted octanol–water partition coefficient (Wildman–Crippen LogP) is 1.40. The molecule has 114 valence electrons. The molecule has 1 fully saturated rings. The summed E-state index contributed by atoms with van der Waals surface area (Å²) in [6.07, 6.45) is 2.34. The number of rotatable bonds is 7. The number of methoxy groups -OCH3 is 1. The van der Waals surface area contributed by atoms with E-state index >= 15 is 0 Å². The Bertz CT molecular complexity index is 514. The van der Waals surface area contributed by atoms with Gasteiger partial charge in [-0.3, -0.25) is 0 Å². The van der Waals surface area contributed by atoms with Gasteiger partial charge in [-0.05, 0) is 36.8 Å². The van der Waals surface area contributed by atoms with Gasteiger partial charge in [-0.25, -0.2) is 9.59 Å². The van der Waals surface area contributed by atoms with Gasteiger partial charge < -0.3 is 20.5 Å². The Morgan fingerprint density at radius 2 is 2.10 bits per heavy atom. The van der Waals surface area contributed by atoms with Crippen molar-refractivity contribution in [2.24, 2.45) is 5.92 Å². The average molecular weight is 292 g/mol. The molecule has 1 aromatic rings. The molecule has 0 bridgehead atoms. The monoisotopic (exact) mass is 292 g/mol. The van der Waals surface area contributed by atoms with E-state index in [1.807, 2.05) is 24.3 Å². The molecule has 0 spiro atoms. The molecule has 0 saturated heterocycles. The molecule has 1 atom stereocenters. The largest absolute Gasteiger partial charge is 0.496 e. The normalized spacial score (nSPS) is 15.1. The predicted molar refractivity (Wildman–Crippen MR) is 77.4 cm³/mol. The maximum atomic E-state index is 11.7. The summed E-state index contributed by atoms with van der Waals surface area (Å²) in [6, 6.07) is 6.37. The van der Waals surface area contributed by atoms with E-state index < -0.39 is 18.0 Å². The van der Waals surface area contributed by atoms with E-state index in [2.05, 4.69) is 10.6 Å². The topological polar surface area (TPSA) is 87.7 Å². The Labute approximate surface area is 123 Å². The van der Waals surface area contributed by atoms with Gasteiger partial charge in [0.2, 0.25) is 0 Å². The van der Waals surface area contributed by atoms with Crippen molar-refractivity contribution in [3.63, 3.8) is 0 Å². The third-order valence-electron chi connectivity index (χ3n) is 3.52. The molecule has 0 heterocycles. The molecular formula is C15H20N2O4. The standard InChI is InChI=1S/C15H20N2O4/c1-21-12-5-3-2-4-10(12)8-9-16-15(20)17-13(14(18)19)11-6-7-11/h2-5,11,13H,6-9H2,1H3,(H,18,19)(H2,16,17,20). The van der Waals surface area contributed by atoms with Crippen molar-refractivity contribution in [2.45, 2.75) is 25.3 Å². The van der Waals surface area contributed by atoms with Crippen LogP contribution in [0.5, 0.6) is 5.75 Å². The van der Waals surface area contributed by atoms with Gasteiger partial charge in [-0.2, -0.15) is 0 Å². The second-order valence-corrected chi connectivity index (χ2v) is 5.12. The van der Waals surface area contributed by atoms with Gasteiger partial charge in [0.05, 0.1) is 7.11 Å². The number of amides is 2. The minimum absolute atomic E-state index is 0.0717. The number of carbonyl (C=O) groups is 2. The van der Waals surface area contributed by atoms with Crippen molar-refractivity contribution in [1.82, 2.24) is 10.6 Å². The Kier molecular flexibility index (Phi) is 5.03. The number of aliphatic carboxylic acids is 1. The number of carbonyl (C=O) groups excluding carboxylic acids is 1. The van der Waals surface area contributed by atoms with E-state index in [4.69, 9.17) is 9.84 Å². The SMILES string of the molecule is COc1ccccc1CCNC(=O)NC(C(=O)O)C1CC1. The summed E-state index contributed by atoms with van der Waals surface area (Å²) in [5.74, 6) is -0.124. The van der Waals surface area contributed by atoms with Crippen LogP contribution < -0.4 is 15.4 Å². The van der Waals surface area contributed by atoms with Gasteiger partial charge in [0.25, 0.3) is 0 Å². The highest BCUT2D eigenvalue weighted by molar-refractivity contribution is 5.83. The molecule has 2 amide bonds. The number of benzene rings is 1. The summed E-state index contributed by atoms with van der Waals surface area (Å²) in [6.45, 7) is 0.420. The molecule has 2 rings (SSSR count). The van der Waals surface area contributed by atoms with Gasteiger partial charge in [-0.1, -0.05) is 18.2 Å². The number of para-hydroxylation sites is 1. The zero-order valence-corrected chi connectivity index (χ0v) is 12.0. The van der Waals surface area contributed by atoms with Crippen LogP contribution in [0.1, 0.15) is 18.4 Å². The third kappa shape index (κ3) is 4.37. The summed E-state index contributed by atoms with van der Waals surface area (Å²) in [5.41, 5.74) is 0.997. The molecule has 1 aromatic carbocycles.